The maximum atomic E-state index is 14.0. The van der Waals surface area contributed by atoms with Gasteiger partial charge in [0.15, 0.2) is 17.4 Å². The Bertz CT molecular complexity index is 1270. The molecule has 0 amide bonds. The number of hydroxylamine groups is 2. The number of rotatable bonds is 4. The molecule has 0 bridgehead atoms. The molecule has 4 rings (SSSR count). The molecule has 0 aliphatic carbocycles. The number of ether oxygens (including phenoxy) is 1. The molecule has 8 nitrogen and oxygen atoms in total. The molecule has 4 N–H and O–H groups in total. The number of nitrogens with two attached hydrogens (primary N) is 2. The highest BCUT2D eigenvalue weighted by atomic mass is 19.2. The molecule has 2 heterocycles. The van der Waals surface area contributed by atoms with Crippen LogP contribution in [0.15, 0.2) is 35.3 Å². The highest BCUT2D eigenvalue weighted by Crippen LogP contribution is 2.33. The van der Waals surface area contributed by atoms with Gasteiger partial charge in [-0.3, -0.25) is 4.79 Å². The number of hydrogen-bond donors (Lipinski definition) is 2. The van der Waals surface area contributed by atoms with E-state index in [1.54, 1.807) is 0 Å². The van der Waals surface area contributed by atoms with E-state index in [2.05, 4.69) is 0 Å². The van der Waals surface area contributed by atoms with E-state index in [-0.39, 0.29) is 47.2 Å². The summed E-state index contributed by atoms with van der Waals surface area (Å²) >= 11 is 0. The Kier molecular flexibility index (Phi) is 5.07. The molecule has 1 fully saturated rings. The van der Waals surface area contributed by atoms with Crippen molar-refractivity contribution in [2.45, 2.75) is 6.04 Å². The number of anilines is 1. The van der Waals surface area contributed by atoms with E-state index in [0.29, 0.717) is 6.07 Å². The van der Waals surface area contributed by atoms with Gasteiger partial charge in [-0.1, -0.05) is 0 Å². The number of hydrogen-bond acceptors (Lipinski definition) is 7. The number of carbonyl (C=O) groups is 1. The Hall–Kier alpha value is -3.57. The van der Waals surface area contributed by atoms with Crippen molar-refractivity contribution in [1.29, 1.82) is 0 Å². The van der Waals surface area contributed by atoms with Crippen molar-refractivity contribution in [2.24, 2.45) is 5.73 Å². The summed E-state index contributed by atoms with van der Waals surface area (Å²) in [6.07, 6.45) is 1.08. The van der Waals surface area contributed by atoms with Gasteiger partial charge in [-0.15, -0.1) is 5.06 Å². The molecular weight excluding hydrogens is 417 g/mol. The predicted molar refractivity (Wildman–Crippen MR) is 105 cm³/mol. The van der Waals surface area contributed by atoms with E-state index in [9.17, 15) is 22.8 Å². The first-order valence-electron chi connectivity index (χ1n) is 9.10. The van der Waals surface area contributed by atoms with Crippen LogP contribution in [0.3, 0.4) is 0 Å². The van der Waals surface area contributed by atoms with Crippen LogP contribution < -0.4 is 21.6 Å². The second-order valence-corrected chi connectivity index (χ2v) is 7.02. The number of carbonyl (C=O) groups excluding carboxylic acids is 1. The maximum Gasteiger partial charge on any atom is 0.362 e. The topological polar surface area (TPSA) is 113 Å². The van der Waals surface area contributed by atoms with E-state index >= 15 is 0 Å². The quantitative estimate of drug-likeness (QED) is 0.601. The summed E-state index contributed by atoms with van der Waals surface area (Å²) in [6, 6.07) is 3.60. The minimum Gasteiger partial charge on any atom is -0.492 e. The minimum absolute atomic E-state index is 0.0873. The molecule has 1 aliphatic heterocycles. The lowest BCUT2D eigenvalue weighted by Crippen LogP contribution is -2.56. The molecule has 1 aromatic heterocycles. The van der Waals surface area contributed by atoms with Crippen LogP contribution in [0.25, 0.3) is 16.6 Å². The Labute approximate surface area is 173 Å². The number of methoxy groups -OCH3 is 1. The number of aromatic nitrogens is 1. The average Bonchev–Trinajstić information content (AvgIpc) is 2.70. The molecule has 31 heavy (non-hydrogen) atoms. The van der Waals surface area contributed by atoms with Gasteiger partial charge in [0, 0.05) is 18.3 Å². The summed E-state index contributed by atoms with van der Waals surface area (Å²) in [6.45, 7) is 0.575. The summed E-state index contributed by atoms with van der Waals surface area (Å²) in [7, 11) is 1.24. The van der Waals surface area contributed by atoms with Crippen molar-refractivity contribution in [2.75, 3.05) is 25.9 Å². The number of benzene rings is 2. The van der Waals surface area contributed by atoms with Gasteiger partial charge in [-0.2, -0.15) is 0 Å². The van der Waals surface area contributed by atoms with Gasteiger partial charge in [0.25, 0.3) is 0 Å². The van der Waals surface area contributed by atoms with Gasteiger partial charge in [0.2, 0.25) is 5.43 Å². The lowest BCUT2D eigenvalue weighted by molar-refractivity contribution is -0.155. The molecule has 11 heteroatoms. The highest BCUT2D eigenvalue weighted by molar-refractivity contribution is 5.94. The minimum atomic E-state index is -1.28. The largest absolute Gasteiger partial charge is 0.492 e. The standard InChI is InChI=1S/C20H17F3N4O4/c1-30-19-15(3-2-12(21)17(19)25)27-8-11(20(29)31-26-6-9(24)7-26)18(28)10-4-13(22)14(23)5-16(10)27/h2-5,8-9H,6-7,24-25H2,1H3. The number of fused-ring (bicyclic) bond motifs is 1. The summed E-state index contributed by atoms with van der Waals surface area (Å²) in [4.78, 5) is 30.6. The molecule has 3 aromatic rings. The maximum absolute atomic E-state index is 14.0. The Morgan fingerprint density at radius 2 is 1.81 bits per heavy atom. The van der Waals surface area contributed by atoms with Crippen molar-refractivity contribution >= 4 is 22.6 Å². The zero-order valence-corrected chi connectivity index (χ0v) is 16.2. The van der Waals surface area contributed by atoms with E-state index in [1.165, 1.54) is 22.8 Å². The summed E-state index contributed by atoms with van der Waals surface area (Å²) in [5.74, 6) is -4.40. The first kappa shape index (κ1) is 20.7. The molecule has 0 saturated carbocycles. The molecule has 162 valence electrons. The van der Waals surface area contributed by atoms with Gasteiger partial charge >= 0.3 is 5.97 Å². The lowest BCUT2D eigenvalue weighted by Gasteiger charge is -2.34. The van der Waals surface area contributed by atoms with Crippen LogP contribution in [0.2, 0.25) is 0 Å². The number of halogens is 3. The number of nitrogen functional groups attached to an aromatic ring is 1. The SMILES string of the molecule is COc1c(-n2cc(C(=O)ON3CC(N)C3)c(=O)c3cc(F)c(F)cc32)ccc(F)c1N. The molecule has 1 aliphatic rings. The molecule has 0 radical (unpaired) electrons. The fourth-order valence-electron chi connectivity index (χ4n) is 3.34. The average molecular weight is 434 g/mol. The summed E-state index contributed by atoms with van der Waals surface area (Å²) < 4.78 is 48.2. The molecule has 0 spiro atoms. The third kappa shape index (κ3) is 3.47. The Morgan fingerprint density at radius 1 is 1.13 bits per heavy atom. The third-order valence-electron chi connectivity index (χ3n) is 4.94. The van der Waals surface area contributed by atoms with E-state index in [4.69, 9.17) is 21.0 Å². The van der Waals surface area contributed by atoms with Crippen molar-refractivity contribution in [3.05, 3.63) is 63.7 Å². The van der Waals surface area contributed by atoms with E-state index < -0.39 is 34.4 Å². The van der Waals surface area contributed by atoms with Crippen LogP contribution in [0, 0.1) is 17.5 Å². The van der Waals surface area contributed by atoms with Gasteiger partial charge < -0.3 is 25.6 Å². The van der Waals surface area contributed by atoms with Gasteiger partial charge in [-0.05, 0) is 18.2 Å². The third-order valence-corrected chi connectivity index (χ3v) is 4.94. The van der Waals surface area contributed by atoms with Crippen LogP contribution in [0.1, 0.15) is 10.4 Å². The van der Waals surface area contributed by atoms with Gasteiger partial charge in [0.05, 0.1) is 36.8 Å². The fourth-order valence-corrected chi connectivity index (χ4v) is 3.34. The zero-order valence-electron chi connectivity index (χ0n) is 16.2. The van der Waals surface area contributed by atoms with E-state index in [0.717, 1.165) is 18.3 Å². The monoisotopic (exact) mass is 434 g/mol. The van der Waals surface area contributed by atoms with Crippen LogP contribution in [-0.4, -0.2) is 41.8 Å². The van der Waals surface area contributed by atoms with Gasteiger partial charge in [0.1, 0.15) is 17.1 Å². The van der Waals surface area contributed by atoms with Crippen LogP contribution in [-0.2, 0) is 4.84 Å². The second-order valence-electron chi connectivity index (χ2n) is 7.02. The molecule has 0 unspecified atom stereocenters. The lowest BCUT2D eigenvalue weighted by atomic mass is 10.1. The molecule has 1 saturated heterocycles. The fraction of sp³-hybridized carbons (Fsp3) is 0.200. The Balaban J connectivity index is 1.97. The Morgan fingerprint density at radius 3 is 2.45 bits per heavy atom. The van der Waals surface area contributed by atoms with Gasteiger partial charge in [-0.25, -0.2) is 18.0 Å². The normalized spacial score (nSPS) is 14.5. The first-order chi connectivity index (χ1) is 14.7. The van der Waals surface area contributed by atoms with Crippen molar-refractivity contribution in [3.8, 4) is 11.4 Å². The van der Waals surface area contributed by atoms with Crippen molar-refractivity contribution in [1.82, 2.24) is 9.63 Å². The predicted octanol–water partition coefficient (Wildman–Crippen LogP) is 1.71. The van der Waals surface area contributed by atoms with Crippen LogP contribution in [0.4, 0.5) is 18.9 Å². The second kappa shape index (κ2) is 7.60. The number of nitrogens with zero attached hydrogens (tertiary/aromatic N) is 2. The summed E-state index contributed by atoms with van der Waals surface area (Å²) in [5.41, 5.74) is 9.73. The van der Waals surface area contributed by atoms with Crippen LogP contribution in [0.5, 0.6) is 5.75 Å². The molecular formula is C20H17F3N4O4. The van der Waals surface area contributed by atoms with E-state index in [1.807, 2.05) is 0 Å². The highest BCUT2D eigenvalue weighted by Gasteiger charge is 2.29. The summed E-state index contributed by atoms with van der Waals surface area (Å²) in [5, 5.41) is 0.974. The van der Waals surface area contributed by atoms with Crippen LogP contribution >= 0.6 is 0 Å². The first-order valence-corrected chi connectivity index (χ1v) is 9.10. The smallest absolute Gasteiger partial charge is 0.362 e. The molecule has 0 atom stereocenters. The van der Waals surface area contributed by atoms with Crippen molar-refractivity contribution < 1.29 is 27.5 Å². The van der Waals surface area contributed by atoms with Crippen molar-refractivity contribution in [3.63, 3.8) is 0 Å². The zero-order chi connectivity index (χ0) is 22.4. The number of pyridine rings is 1. The molecule has 2 aromatic carbocycles.